The zero-order chi connectivity index (χ0) is 21.8. The van der Waals surface area contributed by atoms with E-state index in [-0.39, 0.29) is 17.7 Å². The Hall–Kier alpha value is -3.19. The molecule has 0 atom stereocenters. The minimum absolute atomic E-state index is 0.0594. The van der Waals surface area contributed by atoms with E-state index in [0.717, 1.165) is 12.8 Å². The summed E-state index contributed by atoms with van der Waals surface area (Å²) in [7, 11) is 0. The average molecular weight is 412 g/mol. The van der Waals surface area contributed by atoms with Crippen LogP contribution < -0.4 is 16.0 Å². The summed E-state index contributed by atoms with van der Waals surface area (Å²) in [6.07, 6.45) is 1.94. The van der Waals surface area contributed by atoms with Gasteiger partial charge < -0.3 is 20.7 Å². The third-order valence-corrected chi connectivity index (χ3v) is 4.28. The number of nitrogens with one attached hydrogen (secondary N) is 3. The van der Waals surface area contributed by atoms with Gasteiger partial charge in [-0.1, -0.05) is 19.1 Å². The lowest BCUT2D eigenvalue weighted by Crippen LogP contribution is -2.26. The molecule has 0 saturated heterocycles. The van der Waals surface area contributed by atoms with Crippen molar-refractivity contribution >= 4 is 29.1 Å². The third kappa shape index (κ3) is 7.33. The highest BCUT2D eigenvalue weighted by Crippen LogP contribution is 2.17. The number of hydrogen-bond donors (Lipinski definition) is 3. The first-order chi connectivity index (χ1) is 14.5. The van der Waals surface area contributed by atoms with E-state index in [0.29, 0.717) is 48.7 Å². The van der Waals surface area contributed by atoms with Gasteiger partial charge in [0.25, 0.3) is 11.8 Å². The molecule has 3 amide bonds. The van der Waals surface area contributed by atoms with Crippen LogP contribution in [0.25, 0.3) is 0 Å². The summed E-state index contributed by atoms with van der Waals surface area (Å²) in [5.74, 6) is -0.648. The highest BCUT2D eigenvalue weighted by molar-refractivity contribution is 6.09. The van der Waals surface area contributed by atoms with Crippen molar-refractivity contribution in [1.29, 1.82) is 0 Å². The van der Waals surface area contributed by atoms with Gasteiger partial charge in [-0.3, -0.25) is 14.4 Å². The van der Waals surface area contributed by atoms with Crippen LogP contribution in [0.5, 0.6) is 0 Å². The van der Waals surface area contributed by atoms with Crippen molar-refractivity contribution in [3.63, 3.8) is 0 Å². The number of rotatable bonds is 11. The van der Waals surface area contributed by atoms with Crippen molar-refractivity contribution in [1.82, 2.24) is 5.32 Å². The fraction of sp³-hybridized carbons (Fsp3) is 0.348. The Morgan fingerprint density at radius 3 is 2.33 bits per heavy atom. The summed E-state index contributed by atoms with van der Waals surface area (Å²) < 4.78 is 5.26. The van der Waals surface area contributed by atoms with Crippen LogP contribution in [0.3, 0.4) is 0 Å². The summed E-state index contributed by atoms with van der Waals surface area (Å²) in [6, 6.07) is 13.5. The summed E-state index contributed by atoms with van der Waals surface area (Å²) in [5, 5.41) is 8.41. The van der Waals surface area contributed by atoms with E-state index in [4.69, 9.17) is 4.74 Å². The van der Waals surface area contributed by atoms with Crippen LogP contribution in [0, 0.1) is 0 Å². The zero-order valence-corrected chi connectivity index (χ0v) is 17.5. The van der Waals surface area contributed by atoms with E-state index in [1.165, 1.54) is 0 Å². The maximum Gasteiger partial charge on any atom is 0.255 e. The van der Waals surface area contributed by atoms with Crippen molar-refractivity contribution in [3.05, 3.63) is 59.7 Å². The van der Waals surface area contributed by atoms with E-state index in [1.54, 1.807) is 48.5 Å². The second-order valence-electron chi connectivity index (χ2n) is 6.68. The minimum Gasteiger partial charge on any atom is -0.382 e. The molecule has 0 aliphatic heterocycles. The van der Waals surface area contributed by atoms with Gasteiger partial charge in [0.1, 0.15) is 0 Å². The Morgan fingerprint density at radius 2 is 1.63 bits per heavy atom. The minimum atomic E-state index is -0.335. The lowest BCUT2D eigenvalue weighted by molar-refractivity contribution is -0.116. The van der Waals surface area contributed by atoms with Gasteiger partial charge in [-0.15, -0.1) is 0 Å². The number of ether oxygens (including phenoxy) is 1. The molecule has 0 saturated carbocycles. The van der Waals surface area contributed by atoms with Crippen LogP contribution in [-0.4, -0.2) is 37.5 Å². The van der Waals surface area contributed by atoms with Gasteiger partial charge >= 0.3 is 0 Å². The molecule has 0 spiro atoms. The smallest absolute Gasteiger partial charge is 0.255 e. The second-order valence-corrected chi connectivity index (χ2v) is 6.68. The maximum absolute atomic E-state index is 12.6. The summed E-state index contributed by atoms with van der Waals surface area (Å²) in [6.45, 7) is 5.59. The highest BCUT2D eigenvalue weighted by Gasteiger charge is 2.14. The van der Waals surface area contributed by atoms with Gasteiger partial charge in [0.05, 0.1) is 11.3 Å². The fourth-order valence-electron chi connectivity index (χ4n) is 2.76. The van der Waals surface area contributed by atoms with Gasteiger partial charge in [0.15, 0.2) is 0 Å². The highest BCUT2D eigenvalue weighted by atomic mass is 16.5. The standard InChI is InChI=1S/C23H29N3O4/c1-3-8-21(27)25-18-13-11-17(12-14-18)22(28)26-20-10-6-5-9-19(20)23(29)24-15-7-16-30-4-2/h5-6,9-14H,3-4,7-8,15-16H2,1-2H3,(H,24,29)(H,25,27)(H,26,28). The first-order valence-electron chi connectivity index (χ1n) is 10.2. The molecule has 0 aliphatic rings. The van der Waals surface area contributed by atoms with Crippen molar-refractivity contribution in [2.45, 2.75) is 33.1 Å². The predicted molar refractivity (Wildman–Crippen MR) is 118 cm³/mol. The van der Waals surface area contributed by atoms with E-state index < -0.39 is 0 Å². The topological polar surface area (TPSA) is 96.5 Å². The SMILES string of the molecule is CCCC(=O)Nc1ccc(C(=O)Nc2ccccc2C(=O)NCCCOCC)cc1. The van der Waals surface area contributed by atoms with Crippen LogP contribution in [0.4, 0.5) is 11.4 Å². The largest absolute Gasteiger partial charge is 0.382 e. The number of hydrogen-bond acceptors (Lipinski definition) is 4. The Kier molecular flexibility index (Phi) is 9.54. The monoisotopic (exact) mass is 411 g/mol. The molecule has 3 N–H and O–H groups in total. The van der Waals surface area contributed by atoms with Crippen LogP contribution in [0.1, 0.15) is 53.8 Å². The van der Waals surface area contributed by atoms with Gasteiger partial charge in [-0.25, -0.2) is 0 Å². The number of carbonyl (C=O) groups is 3. The first kappa shape index (κ1) is 23.1. The normalized spacial score (nSPS) is 10.3. The van der Waals surface area contributed by atoms with Crippen molar-refractivity contribution < 1.29 is 19.1 Å². The Morgan fingerprint density at radius 1 is 0.900 bits per heavy atom. The third-order valence-electron chi connectivity index (χ3n) is 4.28. The molecule has 0 aliphatic carbocycles. The molecule has 0 radical (unpaired) electrons. The van der Waals surface area contributed by atoms with Crippen LogP contribution >= 0.6 is 0 Å². The van der Waals surface area contributed by atoms with Crippen LogP contribution in [0.2, 0.25) is 0 Å². The first-order valence-corrected chi connectivity index (χ1v) is 10.2. The van der Waals surface area contributed by atoms with E-state index in [1.807, 2.05) is 13.8 Å². The molecule has 160 valence electrons. The second kappa shape index (κ2) is 12.4. The molecule has 0 unspecified atom stereocenters. The number of para-hydroxylation sites is 1. The Balaban J connectivity index is 1.98. The fourth-order valence-corrected chi connectivity index (χ4v) is 2.76. The number of anilines is 2. The Bertz CT molecular complexity index is 850. The summed E-state index contributed by atoms with van der Waals surface area (Å²) in [5.41, 5.74) is 1.89. The van der Waals surface area contributed by atoms with Crippen molar-refractivity contribution in [2.24, 2.45) is 0 Å². The molecular weight excluding hydrogens is 382 g/mol. The maximum atomic E-state index is 12.6. The summed E-state index contributed by atoms with van der Waals surface area (Å²) >= 11 is 0. The van der Waals surface area contributed by atoms with E-state index in [9.17, 15) is 14.4 Å². The predicted octanol–water partition coefficient (Wildman–Crippen LogP) is 3.83. The summed E-state index contributed by atoms with van der Waals surface area (Å²) in [4.78, 5) is 36.7. The van der Waals surface area contributed by atoms with Gasteiger partial charge in [-0.05, 0) is 56.2 Å². The number of amides is 3. The van der Waals surface area contributed by atoms with Gasteiger partial charge in [-0.2, -0.15) is 0 Å². The van der Waals surface area contributed by atoms with E-state index in [2.05, 4.69) is 16.0 Å². The molecule has 0 fully saturated rings. The zero-order valence-electron chi connectivity index (χ0n) is 17.5. The lowest BCUT2D eigenvalue weighted by Gasteiger charge is -2.12. The molecular formula is C23H29N3O4. The van der Waals surface area contributed by atoms with Crippen molar-refractivity contribution in [3.8, 4) is 0 Å². The molecule has 2 aromatic rings. The van der Waals surface area contributed by atoms with E-state index >= 15 is 0 Å². The molecule has 2 rings (SSSR count). The average Bonchev–Trinajstić information content (AvgIpc) is 2.74. The molecule has 0 heterocycles. The van der Waals surface area contributed by atoms with Gasteiger partial charge in [0.2, 0.25) is 5.91 Å². The Labute approximate surface area is 177 Å². The molecule has 30 heavy (non-hydrogen) atoms. The van der Waals surface area contributed by atoms with Crippen molar-refractivity contribution in [2.75, 3.05) is 30.4 Å². The quantitative estimate of drug-likeness (QED) is 0.490. The molecule has 2 aromatic carbocycles. The molecule has 7 nitrogen and oxygen atoms in total. The lowest BCUT2D eigenvalue weighted by atomic mass is 10.1. The molecule has 0 bridgehead atoms. The van der Waals surface area contributed by atoms with Crippen LogP contribution in [-0.2, 0) is 9.53 Å². The number of benzene rings is 2. The van der Waals surface area contributed by atoms with Gasteiger partial charge in [0, 0.05) is 37.4 Å². The molecule has 0 aromatic heterocycles. The molecule has 7 heteroatoms. The number of carbonyl (C=O) groups excluding carboxylic acids is 3. The van der Waals surface area contributed by atoms with Crippen LogP contribution in [0.15, 0.2) is 48.5 Å².